The zero-order valence-electron chi connectivity index (χ0n) is 11.8. The Balaban J connectivity index is 2.75. The minimum Gasteiger partial charge on any atom is -0.478 e. The Bertz CT molecular complexity index is 700. The van der Waals surface area contributed by atoms with Gasteiger partial charge in [-0.3, -0.25) is 9.36 Å². The average molecular weight is 294 g/mol. The van der Waals surface area contributed by atoms with Gasteiger partial charge in [-0.25, -0.2) is 9.78 Å². The van der Waals surface area contributed by atoms with Gasteiger partial charge in [0.05, 0.1) is 10.9 Å². The van der Waals surface area contributed by atoms with Crippen molar-refractivity contribution in [2.45, 2.75) is 46.1 Å². The van der Waals surface area contributed by atoms with Gasteiger partial charge in [0.25, 0.3) is 5.56 Å². The van der Waals surface area contributed by atoms with E-state index in [9.17, 15) is 14.7 Å². The number of unbranched alkanes of at least 4 members (excludes halogenated alkanes) is 1. The van der Waals surface area contributed by atoms with Crippen LogP contribution >= 0.6 is 11.3 Å². The van der Waals surface area contributed by atoms with Gasteiger partial charge in [0.2, 0.25) is 0 Å². The summed E-state index contributed by atoms with van der Waals surface area (Å²) in [5.74, 6) is -0.219. The zero-order valence-corrected chi connectivity index (χ0v) is 12.7. The number of rotatable bonds is 5. The first-order valence-electron chi connectivity index (χ1n) is 6.72. The number of carboxylic acid groups (broad SMARTS) is 1. The summed E-state index contributed by atoms with van der Waals surface area (Å²) in [4.78, 5) is 28.8. The number of hydrogen-bond acceptors (Lipinski definition) is 4. The number of nitrogens with zero attached hydrogens (tertiary/aromatic N) is 2. The van der Waals surface area contributed by atoms with Crippen LogP contribution in [0.25, 0.3) is 10.2 Å². The first-order valence-corrected chi connectivity index (χ1v) is 7.60. The van der Waals surface area contributed by atoms with Crippen molar-refractivity contribution in [3.05, 3.63) is 27.1 Å². The normalized spacial score (nSPS) is 11.4. The Morgan fingerprint density at radius 1 is 1.50 bits per heavy atom. The van der Waals surface area contributed by atoms with E-state index in [-0.39, 0.29) is 22.4 Å². The molecule has 0 aliphatic carbocycles. The molecule has 0 unspecified atom stereocenters. The van der Waals surface area contributed by atoms with Gasteiger partial charge in [0, 0.05) is 17.8 Å². The van der Waals surface area contributed by atoms with Crippen LogP contribution < -0.4 is 5.56 Å². The highest BCUT2D eigenvalue weighted by Gasteiger charge is 2.20. The van der Waals surface area contributed by atoms with Crippen LogP contribution in [0, 0.1) is 0 Å². The fraction of sp³-hybridized carbons (Fsp3) is 0.500. The smallest absolute Gasteiger partial charge is 0.337 e. The highest BCUT2D eigenvalue weighted by molar-refractivity contribution is 7.17. The van der Waals surface area contributed by atoms with Gasteiger partial charge < -0.3 is 5.11 Å². The van der Waals surface area contributed by atoms with Crippen molar-refractivity contribution in [2.24, 2.45) is 0 Å². The molecule has 0 saturated heterocycles. The highest BCUT2D eigenvalue weighted by atomic mass is 32.1. The SMILES string of the molecule is CCCCn1c(C(C)C)nc2scc(C(=O)O)c2c1=O. The van der Waals surface area contributed by atoms with Crippen LogP contribution in [0.4, 0.5) is 0 Å². The molecule has 0 atom stereocenters. The maximum atomic E-state index is 12.6. The summed E-state index contributed by atoms with van der Waals surface area (Å²) in [6.45, 7) is 6.61. The van der Waals surface area contributed by atoms with E-state index < -0.39 is 5.97 Å². The van der Waals surface area contributed by atoms with Crippen molar-refractivity contribution < 1.29 is 9.90 Å². The molecule has 0 amide bonds. The van der Waals surface area contributed by atoms with Gasteiger partial charge >= 0.3 is 5.97 Å². The quantitative estimate of drug-likeness (QED) is 0.919. The summed E-state index contributed by atoms with van der Waals surface area (Å²) >= 11 is 1.22. The van der Waals surface area contributed by atoms with E-state index >= 15 is 0 Å². The molecule has 0 aliphatic heterocycles. The van der Waals surface area contributed by atoms with Gasteiger partial charge in [-0.2, -0.15) is 0 Å². The fourth-order valence-electron chi connectivity index (χ4n) is 2.17. The van der Waals surface area contributed by atoms with Crippen LogP contribution in [-0.4, -0.2) is 20.6 Å². The summed E-state index contributed by atoms with van der Waals surface area (Å²) in [7, 11) is 0. The Kier molecular flexibility index (Phi) is 4.23. The minimum absolute atomic E-state index is 0.0584. The van der Waals surface area contributed by atoms with Gasteiger partial charge in [-0.15, -0.1) is 11.3 Å². The lowest BCUT2D eigenvalue weighted by atomic mass is 10.1. The third-order valence-corrected chi connectivity index (χ3v) is 4.08. The standard InChI is InChI=1S/C14H18N2O3S/c1-4-5-6-16-11(8(2)3)15-12-10(13(16)17)9(7-20-12)14(18)19/h7-8H,4-6H2,1-3H3,(H,18,19). The molecular weight excluding hydrogens is 276 g/mol. The average Bonchev–Trinajstić information content (AvgIpc) is 2.81. The van der Waals surface area contributed by atoms with Gasteiger partial charge in [0.15, 0.2) is 0 Å². The van der Waals surface area contributed by atoms with Gasteiger partial charge in [-0.05, 0) is 6.42 Å². The Morgan fingerprint density at radius 3 is 2.75 bits per heavy atom. The van der Waals surface area contributed by atoms with Crippen LogP contribution in [0.2, 0.25) is 0 Å². The molecule has 2 aromatic heterocycles. The summed E-state index contributed by atoms with van der Waals surface area (Å²) < 4.78 is 1.63. The molecule has 0 bridgehead atoms. The van der Waals surface area contributed by atoms with Crippen molar-refractivity contribution in [1.29, 1.82) is 0 Å². The van der Waals surface area contributed by atoms with Gasteiger partial charge in [0.1, 0.15) is 10.7 Å². The topological polar surface area (TPSA) is 72.2 Å². The number of thiophene rings is 1. The van der Waals surface area contributed by atoms with Crippen LogP contribution in [0.5, 0.6) is 0 Å². The molecule has 2 aromatic rings. The second-order valence-corrected chi connectivity index (χ2v) is 5.93. The molecule has 0 saturated carbocycles. The van der Waals surface area contributed by atoms with E-state index in [4.69, 9.17) is 0 Å². The predicted molar refractivity (Wildman–Crippen MR) is 79.8 cm³/mol. The minimum atomic E-state index is -1.07. The number of hydrogen-bond donors (Lipinski definition) is 1. The molecule has 0 aromatic carbocycles. The summed E-state index contributed by atoms with van der Waals surface area (Å²) in [6.07, 6.45) is 1.84. The Morgan fingerprint density at radius 2 is 2.20 bits per heavy atom. The molecule has 108 valence electrons. The van der Waals surface area contributed by atoms with E-state index in [0.29, 0.717) is 11.4 Å². The summed E-state index contributed by atoms with van der Waals surface area (Å²) in [6, 6.07) is 0. The molecule has 0 spiro atoms. The van der Waals surface area contributed by atoms with Crippen LogP contribution in [0.3, 0.4) is 0 Å². The van der Waals surface area contributed by atoms with E-state index in [1.807, 2.05) is 13.8 Å². The van der Waals surface area contributed by atoms with E-state index in [1.54, 1.807) is 4.57 Å². The van der Waals surface area contributed by atoms with Gasteiger partial charge in [-0.1, -0.05) is 27.2 Å². The first-order chi connectivity index (χ1) is 9.47. The van der Waals surface area contributed by atoms with E-state index in [1.165, 1.54) is 16.7 Å². The van der Waals surface area contributed by atoms with Crippen LogP contribution in [0.1, 0.15) is 55.7 Å². The van der Waals surface area contributed by atoms with Crippen molar-refractivity contribution in [1.82, 2.24) is 9.55 Å². The van der Waals surface area contributed by atoms with Crippen LogP contribution in [-0.2, 0) is 6.54 Å². The number of carbonyl (C=O) groups is 1. The molecular formula is C14H18N2O3S. The molecule has 2 rings (SSSR count). The van der Waals surface area contributed by atoms with Crippen molar-refractivity contribution in [3.63, 3.8) is 0 Å². The zero-order chi connectivity index (χ0) is 14.9. The maximum Gasteiger partial charge on any atom is 0.337 e. The predicted octanol–water partition coefficient (Wildman–Crippen LogP) is 3.08. The third-order valence-electron chi connectivity index (χ3n) is 3.21. The lowest BCUT2D eigenvalue weighted by Crippen LogP contribution is -2.26. The lowest BCUT2D eigenvalue weighted by molar-refractivity contribution is 0.0699. The largest absolute Gasteiger partial charge is 0.478 e. The Hall–Kier alpha value is -1.69. The first kappa shape index (κ1) is 14.7. The van der Waals surface area contributed by atoms with E-state index in [0.717, 1.165) is 18.7 Å². The summed E-state index contributed by atoms with van der Waals surface area (Å²) in [5, 5.41) is 10.9. The lowest BCUT2D eigenvalue weighted by Gasteiger charge is -2.14. The molecule has 5 nitrogen and oxygen atoms in total. The number of aromatic nitrogens is 2. The summed E-state index contributed by atoms with van der Waals surface area (Å²) in [5.41, 5.74) is -0.172. The molecule has 0 radical (unpaired) electrons. The molecule has 0 aliphatic rings. The maximum absolute atomic E-state index is 12.6. The fourth-order valence-corrected chi connectivity index (χ4v) is 3.08. The second kappa shape index (κ2) is 5.75. The molecule has 20 heavy (non-hydrogen) atoms. The number of fused-ring (bicyclic) bond motifs is 1. The molecule has 2 heterocycles. The molecule has 6 heteroatoms. The van der Waals surface area contributed by atoms with Crippen LogP contribution in [0.15, 0.2) is 10.2 Å². The Labute approximate surface area is 120 Å². The molecule has 1 N–H and O–H groups in total. The van der Waals surface area contributed by atoms with Crippen molar-refractivity contribution >= 4 is 27.5 Å². The monoisotopic (exact) mass is 294 g/mol. The third kappa shape index (κ3) is 2.47. The highest BCUT2D eigenvalue weighted by Crippen LogP contribution is 2.24. The van der Waals surface area contributed by atoms with Crippen molar-refractivity contribution in [2.75, 3.05) is 0 Å². The molecule has 0 fully saturated rings. The second-order valence-electron chi connectivity index (χ2n) is 5.07. The number of carboxylic acids is 1. The van der Waals surface area contributed by atoms with E-state index in [2.05, 4.69) is 11.9 Å². The number of aromatic carboxylic acids is 1. The van der Waals surface area contributed by atoms with Crippen molar-refractivity contribution in [3.8, 4) is 0 Å².